The molecule has 1 fully saturated rings. The van der Waals surface area contributed by atoms with Gasteiger partial charge in [-0.3, -0.25) is 11.3 Å². The Hall–Kier alpha value is 0.230. The van der Waals surface area contributed by atoms with E-state index in [1.165, 1.54) is 30.8 Å². The van der Waals surface area contributed by atoms with Gasteiger partial charge in [-0.2, -0.15) is 11.8 Å². The third-order valence-electron chi connectivity index (χ3n) is 3.10. The number of thioether (sulfide) groups is 1. The summed E-state index contributed by atoms with van der Waals surface area (Å²) in [7, 11) is 1.75. The van der Waals surface area contributed by atoms with Gasteiger partial charge in [0.25, 0.3) is 0 Å². The van der Waals surface area contributed by atoms with Gasteiger partial charge in [0.05, 0.1) is 0 Å². The Labute approximate surface area is 97.5 Å². The van der Waals surface area contributed by atoms with Crippen LogP contribution >= 0.6 is 11.8 Å². The highest BCUT2D eigenvalue weighted by atomic mass is 32.2. The predicted molar refractivity (Wildman–Crippen MR) is 66.9 cm³/mol. The summed E-state index contributed by atoms with van der Waals surface area (Å²) in [6.07, 6.45) is 6.21. The zero-order chi connectivity index (χ0) is 10.9. The first-order chi connectivity index (χ1) is 7.36. The van der Waals surface area contributed by atoms with Gasteiger partial charge >= 0.3 is 0 Å². The Balaban J connectivity index is 2.13. The lowest BCUT2D eigenvalue weighted by Crippen LogP contribution is -2.37. The molecule has 0 aromatic heterocycles. The first-order valence-corrected chi connectivity index (χ1v) is 7.05. The zero-order valence-corrected chi connectivity index (χ0v) is 10.5. The van der Waals surface area contributed by atoms with Crippen molar-refractivity contribution in [2.75, 3.05) is 25.2 Å². The molecule has 1 saturated heterocycles. The molecule has 3 N–H and O–H groups in total. The summed E-state index contributed by atoms with van der Waals surface area (Å²) in [6.45, 7) is 0.846. The lowest BCUT2D eigenvalue weighted by atomic mass is 9.92. The fraction of sp³-hybridized carbons (Fsp3) is 1.00. The van der Waals surface area contributed by atoms with Crippen LogP contribution in [0.15, 0.2) is 0 Å². The van der Waals surface area contributed by atoms with Crippen molar-refractivity contribution in [1.82, 2.24) is 5.43 Å². The summed E-state index contributed by atoms with van der Waals surface area (Å²) in [5.41, 5.74) is 2.95. The van der Waals surface area contributed by atoms with E-state index in [9.17, 15) is 0 Å². The Bertz CT molecular complexity index is 152. The van der Waals surface area contributed by atoms with E-state index in [4.69, 9.17) is 10.6 Å². The highest BCUT2D eigenvalue weighted by molar-refractivity contribution is 7.99. The Morgan fingerprint density at radius 3 is 2.80 bits per heavy atom. The van der Waals surface area contributed by atoms with Gasteiger partial charge in [-0.1, -0.05) is 0 Å². The molecule has 1 aliphatic rings. The topological polar surface area (TPSA) is 47.3 Å². The largest absolute Gasteiger partial charge is 0.385 e. The Morgan fingerprint density at radius 1 is 1.47 bits per heavy atom. The molecule has 15 heavy (non-hydrogen) atoms. The second kappa shape index (κ2) is 8.39. The average molecular weight is 232 g/mol. The molecule has 0 saturated carbocycles. The number of rotatable bonds is 7. The second-order valence-corrected chi connectivity index (χ2v) is 5.51. The van der Waals surface area contributed by atoms with Crippen molar-refractivity contribution in [2.24, 2.45) is 11.8 Å². The van der Waals surface area contributed by atoms with E-state index in [0.29, 0.717) is 6.04 Å². The van der Waals surface area contributed by atoms with Crippen LogP contribution in [0, 0.1) is 5.92 Å². The van der Waals surface area contributed by atoms with E-state index in [1.54, 1.807) is 7.11 Å². The maximum atomic E-state index is 5.58. The number of methoxy groups -OCH3 is 1. The second-order valence-electron chi connectivity index (χ2n) is 4.29. The molecule has 4 heteroatoms. The molecule has 1 heterocycles. The standard InChI is InChI=1S/C11H24N2OS/c1-14-6-2-3-11(13-12)9-10-4-7-15-8-5-10/h10-11,13H,2-9,12H2,1H3. The van der Waals surface area contributed by atoms with E-state index in [0.717, 1.165) is 25.4 Å². The minimum atomic E-state index is 0.480. The van der Waals surface area contributed by atoms with Gasteiger partial charge < -0.3 is 4.74 Å². The van der Waals surface area contributed by atoms with Crippen molar-refractivity contribution >= 4 is 11.8 Å². The van der Waals surface area contributed by atoms with Crippen LogP contribution in [0.25, 0.3) is 0 Å². The maximum absolute atomic E-state index is 5.58. The molecule has 3 nitrogen and oxygen atoms in total. The van der Waals surface area contributed by atoms with E-state index >= 15 is 0 Å². The van der Waals surface area contributed by atoms with E-state index < -0.39 is 0 Å². The number of nitrogens with one attached hydrogen (secondary N) is 1. The van der Waals surface area contributed by atoms with Crippen LogP contribution in [0.5, 0.6) is 0 Å². The quantitative estimate of drug-likeness (QED) is 0.399. The highest BCUT2D eigenvalue weighted by Crippen LogP contribution is 2.26. The van der Waals surface area contributed by atoms with Crippen LogP contribution in [-0.2, 0) is 4.74 Å². The molecule has 1 rings (SSSR count). The van der Waals surface area contributed by atoms with Crippen LogP contribution in [0.1, 0.15) is 32.1 Å². The lowest BCUT2D eigenvalue weighted by Gasteiger charge is -2.25. The molecule has 0 aliphatic carbocycles. The van der Waals surface area contributed by atoms with Gasteiger partial charge in [0.2, 0.25) is 0 Å². The molecule has 0 bridgehead atoms. The fourth-order valence-electron chi connectivity index (χ4n) is 2.13. The molecule has 0 spiro atoms. The van der Waals surface area contributed by atoms with Gasteiger partial charge in [0, 0.05) is 19.8 Å². The average Bonchev–Trinajstić information content (AvgIpc) is 2.29. The van der Waals surface area contributed by atoms with Gasteiger partial charge in [0.15, 0.2) is 0 Å². The summed E-state index contributed by atoms with van der Waals surface area (Å²) in [4.78, 5) is 0. The third kappa shape index (κ3) is 5.76. The summed E-state index contributed by atoms with van der Waals surface area (Å²) < 4.78 is 5.05. The minimum absolute atomic E-state index is 0.480. The van der Waals surface area contributed by atoms with Crippen molar-refractivity contribution in [2.45, 2.75) is 38.1 Å². The number of hydrogen-bond acceptors (Lipinski definition) is 4. The van der Waals surface area contributed by atoms with Crippen LogP contribution in [0.4, 0.5) is 0 Å². The maximum Gasteiger partial charge on any atom is 0.0462 e. The van der Waals surface area contributed by atoms with Crippen molar-refractivity contribution in [3.63, 3.8) is 0 Å². The highest BCUT2D eigenvalue weighted by Gasteiger charge is 2.18. The summed E-state index contributed by atoms with van der Waals surface area (Å²) in [5, 5.41) is 0. The van der Waals surface area contributed by atoms with Gasteiger partial charge in [-0.15, -0.1) is 0 Å². The predicted octanol–water partition coefficient (Wildman–Crippen LogP) is 1.78. The van der Waals surface area contributed by atoms with Gasteiger partial charge in [0.1, 0.15) is 0 Å². The smallest absolute Gasteiger partial charge is 0.0462 e. The van der Waals surface area contributed by atoms with Crippen LogP contribution in [-0.4, -0.2) is 31.3 Å². The lowest BCUT2D eigenvalue weighted by molar-refractivity contribution is 0.186. The normalized spacial score (nSPS) is 20.4. The van der Waals surface area contributed by atoms with Gasteiger partial charge in [-0.05, 0) is 49.5 Å². The summed E-state index contributed by atoms with van der Waals surface area (Å²) in [5.74, 6) is 9.13. The molecule has 0 amide bonds. The molecule has 0 aromatic rings. The van der Waals surface area contributed by atoms with Gasteiger partial charge in [-0.25, -0.2) is 0 Å². The molecular weight excluding hydrogens is 208 g/mol. The number of hydrazine groups is 1. The van der Waals surface area contributed by atoms with E-state index in [1.807, 2.05) is 0 Å². The van der Waals surface area contributed by atoms with Crippen molar-refractivity contribution < 1.29 is 4.74 Å². The zero-order valence-electron chi connectivity index (χ0n) is 9.71. The monoisotopic (exact) mass is 232 g/mol. The Morgan fingerprint density at radius 2 is 2.20 bits per heavy atom. The summed E-state index contributed by atoms with van der Waals surface area (Å²) >= 11 is 2.08. The van der Waals surface area contributed by atoms with Crippen molar-refractivity contribution in [1.29, 1.82) is 0 Å². The molecule has 1 atom stereocenters. The van der Waals surface area contributed by atoms with E-state index in [2.05, 4.69) is 17.2 Å². The number of hydrogen-bond donors (Lipinski definition) is 2. The summed E-state index contributed by atoms with van der Waals surface area (Å²) in [6, 6.07) is 0.480. The molecule has 1 aliphatic heterocycles. The van der Waals surface area contributed by atoms with Crippen molar-refractivity contribution in [3.8, 4) is 0 Å². The molecule has 90 valence electrons. The molecule has 0 aromatic carbocycles. The minimum Gasteiger partial charge on any atom is -0.385 e. The molecule has 0 radical (unpaired) electrons. The SMILES string of the molecule is COCCCC(CC1CCSCC1)NN. The van der Waals surface area contributed by atoms with Crippen molar-refractivity contribution in [3.05, 3.63) is 0 Å². The number of ether oxygens (including phenoxy) is 1. The first-order valence-electron chi connectivity index (χ1n) is 5.89. The van der Waals surface area contributed by atoms with Crippen LogP contribution < -0.4 is 11.3 Å². The third-order valence-corrected chi connectivity index (χ3v) is 4.14. The molecule has 1 unspecified atom stereocenters. The molecular formula is C11H24N2OS. The van der Waals surface area contributed by atoms with Crippen LogP contribution in [0.3, 0.4) is 0 Å². The first kappa shape index (κ1) is 13.3. The van der Waals surface area contributed by atoms with Crippen LogP contribution in [0.2, 0.25) is 0 Å². The fourth-order valence-corrected chi connectivity index (χ4v) is 3.33. The Kier molecular flexibility index (Phi) is 7.44. The number of nitrogens with two attached hydrogens (primary N) is 1. The van der Waals surface area contributed by atoms with E-state index in [-0.39, 0.29) is 0 Å².